The fraction of sp³-hybridized carbons (Fsp3) is 0.150. The van der Waals surface area contributed by atoms with Gasteiger partial charge < -0.3 is 21.1 Å². The number of hydrogen-bond acceptors (Lipinski definition) is 7. The smallest absolute Gasteiger partial charge is 0.406 e. The summed E-state index contributed by atoms with van der Waals surface area (Å²) in [7, 11) is 0. The number of aromatic nitrogens is 1. The van der Waals surface area contributed by atoms with E-state index in [1.54, 1.807) is 30.3 Å². The van der Waals surface area contributed by atoms with Gasteiger partial charge in [0.25, 0.3) is 0 Å². The van der Waals surface area contributed by atoms with E-state index in [0.29, 0.717) is 11.3 Å². The summed E-state index contributed by atoms with van der Waals surface area (Å²) in [5, 5.41) is 0.188. The number of benzene rings is 2. The highest BCUT2D eigenvalue weighted by atomic mass is 32.1. The van der Waals surface area contributed by atoms with Crippen LogP contribution in [0, 0.1) is 0 Å². The standard InChI is InChI=1S/C20H17F3N4O3S/c1-11(18(25)29)27(13-7-9-14(10-8-13)30-20(21,22)23)19-26-17(24)16(31-19)15(28)12-5-3-2-4-6-12/h2-11H,24H2,1H3,(H2,25,29)/t11-/m1/s1. The predicted molar refractivity (Wildman–Crippen MR) is 110 cm³/mol. The molecule has 1 heterocycles. The molecule has 0 spiro atoms. The van der Waals surface area contributed by atoms with Crippen molar-refractivity contribution in [3.05, 3.63) is 65.0 Å². The van der Waals surface area contributed by atoms with Gasteiger partial charge in [-0.15, -0.1) is 13.2 Å². The number of anilines is 3. The third kappa shape index (κ3) is 5.12. The SMILES string of the molecule is C[C@H](C(N)=O)N(c1ccc(OC(F)(F)F)cc1)c1nc(N)c(C(=O)c2ccccc2)s1. The molecule has 0 aliphatic rings. The number of rotatable bonds is 7. The second kappa shape index (κ2) is 8.64. The van der Waals surface area contributed by atoms with Crippen molar-refractivity contribution in [1.82, 2.24) is 4.98 Å². The summed E-state index contributed by atoms with van der Waals surface area (Å²) in [6, 6.07) is 12.3. The Balaban J connectivity index is 1.99. The number of primary amides is 1. The molecular formula is C20H17F3N4O3S. The van der Waals surface area contributed by atoms with E-state index < -0.39 is 24.1 Å². The number of amides is 1. The molecule has 4 N–H and O–H groups in total. The van der Waals surface area contributed by atoms with Gasteiger partial charge in [0.1, 0.15) is 22.5 Å². The fourth-order valence-electron chi connectivity index (χ4n) is 2.74. The van der Waals surface area contributed by atoms with Crippen LogP contribution in [0.5, 0.6) is 5.75 Å². The first-order chi connectivity index (χ1) is 14.6. The molecule has 0 saturated heterocycles. The molecule has 1 aromatic heterocycles. The molecule has 0 aliphatic carbocycles. The summed E-state index contributed by atoms with van der Waals surface area (Å²) >= 11 is 0.947. The Kier molecular flexibility index (Phi) is 6.16. The van der Waals surface area contributed by atoms with E-state index in [1.807, 2.05) is 0 Å². The quantitative estimate of drug-likeness (QED) is 0.529. The zero-order chi connectivity index (χ0) is 22.8. The average Bonchev–Trinajstić information content (AvgIpc) is 3.09. The van der Waals surface area contributed by atoms with E-state index in [9.17, 15) is 22.8 Å². The van der Waals surface area contributed by atoms with Crippen molar-refractivity contribution in [3.8, 4) is 5.75 Å². The van der Waals surface area contributed by atoms with Crippen LogP contribution in [0.25, 0.3) is 0 Å². The van der Waals surface area contributed by atoms with Crippen LogP contribution in [0.2, 0.25) is 0 Å². The van der Waals surface area contributed by atoms with Crippen molar-refractivity contribution in [2.45, 2.75) is 19.3 Å². The van der Waals surface area contributed by atoms with E-state index in [2.05, 4.69) is 9.72 Å². The lowest BCUT2D eigenvalue weighted by molar-refractivity contribution is -0.274. The van der Waals surface area contributed by atoms with E-state index >= 15 is 0 Å². The average molecular weight is 450 g/mol. The fourth-order valence-corrected chi connectivity index (χ4v) is 3.79. The number of alkyl halides is 3. The Hall–Kier alpha value is -3.60. The Morgan fingerprint density at radius 1 is 1.10 bits per heavy atom. The maximum Gasteiger partial charge on any atom is 0.573 e. The summed E-state index contributed by atoms with van der Waals surface area (Å²) in [5.41, 5.74) is 12.1. The number of ether oxygens (including phenoxy) is 1. The zero-order valence-corrected chi connectivity index (χ0v) is 16.9. The first-order valence-corrected chi connectivity index (χ1v) is 9.69. The molecule has 11 heteroatoms. The summed E-state index contributed by atoms with van der Waals surface area (Å²) in [6.07, 6.45) is -4.84. The van der Waals surface area contributed by atoms with Crippen molar-refractivity contribution in [3.63, 3.8) is 0 Å². The largest absolute Gasteiger partial charge is 0.573 e. The second-order valence-corrected chi connectivity index (χ2v) is 7.37. The maximum atomic E-state index is 12.8. The van der Waals surface area contributed by atoms with Gasteiger partial charge in [0.2, 0.25) is 11.7 Å². The molecule has 162 valence electrons. The molecule has 1 amide bonds. The first kappa shape index (κ1) is 22.1. The number of hydrogen-bond donors (Lipinski definition) is 2. The monoisotopic (exact) mass is 450 g/mol. The molecule has 7 nitrogen and oxygen atoms in total. The maximum absolute atomic E-state index is 12.8. The molecule has 0 aliphatic heterocycles. The number of thiazole rings is 1. The molecule has 31 heavy (non-hydrogen) atoms. The van der Waals surface area contributed by atoms with Gasteiger partial charge in [-0.3, -0.25) is 9.59 Å². The highest BCUT2D eigenvalue weighted by Gasteiger charge is 2.31. The number of nitrogens with zero attached hydrogens (tertiary/aromatic N) is 2. The lowest BCUT2D eigenvalue weighted by Crippen LogP contribution is -2.39. The first-order valence-electron chi connectivity index (χ1n) is 8.87. The second-order valence-electron chi connectivity index (χ2n) is 6.40. The van der Waals surface area contributed by atoms with Gasteiger partial charge in [0.05, 0.1) is 0 Å². The van der Waals surface area contributed by atoms with Crippen LogP contribution in [0.3, 0.4) is 0 Å². The van der Waals surface area contributed by atoms with Crippen molar-refractivity contribution in [2.24, 2.45) is 5.73 Å². The van der Waals surface area contributed by atoms with Gasteiger partial charge in [-0.1, -0.05) is 41.7 Å². The van der Waals surface area contributed by atoms with Crippen LogP contribution < -0.4 is 21.1 Å². The summed E-state index contributed by atoms with van der Waals surface area (Å²) in [4.78, 5) is 30.4. The minimum Gasteiger partial charge on any atom is -0.406 e. The van der Waals surface area contributed by atoms with E-state index in [4.69, 9.17) is 11.5 Å². The summed E-state index contributed by atoms with van der Waals surface area (Å²) in [5.74, 6) is -1.52. The minimum absolute atomic E-state index is 0.0347. The molecule has 2 aromatic carbocycles. The molecule has 0 unspecified atom stereocenters. The summed E-state index contributed by atoms with van der Waals surface area (Å²) < 4.78 is 41.1. The molecule has 3 aromatic rings. The molecule has 0 bridgehead atoms. The van der Waals surface area contributed by atoms with E-state index in [1.165, 1.54) is 24.0 Å². The number of nitrogens with two attached hydrogens (primary N) is 2. The van der Waals surface area contributed by atoms with Crippen molar-refractivity contribution >= 4 is 39.7 Å². The number of ketones is 1. The number of carbonyl (C=O) groups excluding carboxylic acids is 2. The lowest BCUT2D eigenvalue weighted by atomic mass is 10.1. The Bertz CT molecular complexity index is 1090. The Morgan fingerprint density at radius 3 is 2.26 bits per heavy atom. The molecular weight excluding hydrogens is 433 g/mol. The van der Waals surface area contributed by atoms with Gasteiger partial charge in [0.15, 0.2) is 5.13 Å². The number of halogens is 3. The van der Waals surface area contributed by atoms with E-state index in [0.717, 1.165) is 23.5 Å². The third-order valence-corrected chi connectivity index (χ3v) is 5.31. The highest BCUT2D eigenvalue weighted by Crippen LogP contribution is 2.36. The molecule has 0 fully saturated rings. The topological polar surface area (TPSA) is 112 Å². The van der Waals surface area contributed by atoms with Crippen LogP contribution in [-0.4, -0.2) is 29.1 Å². The van der Waals surface area contributed by atoms with Crippen molar-refractivity contribution < 1.29 is 27.5 Å². The van der Waals surface area contributed by atoms with Crippen molar-refractivity contribution in [2.75, 3.05) is 10.6 Å². The van der Waals surface area contributed by atoms with Gasteiger partial charge >= 0.3 is 6.36 Å². The zero-order valence-electron chi connectivity index (χ0n) is 16.1. The third-order valence-electron chi connectivity index (χ3n) is 4.24. The van der Waals surface area contributed by atoms with Crippen LogP contribution in [-0.2, 0) is 4.79 Å². The van der Waals surface area contributed by atoms with Gasteiger partial charge in [-0.25, -0.2) is 4.98 Å². The minimum atomic E-state index is -4.84. The van der Waals surface area contributed by atoms with Gasteiger partial charge in [0, 0.05) is 11.3 Å². The predicted octanol–water partition coefficient (Wildman–Crippen LogP) is 3.87. The van der Waals surface area contributed by atoms with Gasteiger partial charge in [-0.2, -0.15) is 0 Å². The van der Waals surface area contributed by atoms with E-state index in [-0.39, 0.29) is 21.6 Å². The Morgan fingerprint density at radius 2 is 1.71 bits per heavy atom. The van der Waals surface area contributed by atoms with Crippen LogP contribution in [0.15, 0.2) is 54.6 Å². The number of carbonyl (C=O) groups is 2. The normalized spacial score (nSPS) is 12.3. The molecule has 1 atom stereocenters. The van der Waals surface area contributed by atoms with Gasteiger partial charge in [-0.05, 0) is 31.2 Å². The van der Waals surface area contributed by atoms with Crippen molar-refractivity contribution in [1.29, 1.82) is 0 Å². The molecule has 0 saturated carbocycles. The number of nitrogen functional groups attached to an aromatic ring is 1. The molecule has 3 rings (SSSR count). The highest BCUT2D eigenvalue weighted by molar-refractivity contribution is 7.18. The van der Waals surface area contributed by atoms with Crippen LogP contribution in [0.1, 0.15) is 22.2 Å². The summed E-state index contributed by atoms with van der Waals surface area (Å²) in [6.45, 7) is 1.50. The van der Waals surface area contributed by atoms with Crippen LogP contribution in [0.4, 0.5) is 29.8 Å². The lowest BCUT2D eigenvalue weighted by Gasteiger charge is -2.26. The van der Waals surface area contributed by atoms with Crippen LogP contribution >= 0.6 is 11.3 Å². The molecule has 0 radical (unpaired) electrons. The Labute approximate surface area is 179 Å².